The molecule has 0 radical (unpaired) electrons. The molecule has 2 aromatic heterocycles. The zero-order chi connectivity index (χ0) is 26.8. The van der Waals surface area contributed by atoms with Crippen LogP contribution in [-0.2, 0) is 17.1 Å². The quantitative estimate of drug-likeness (QED) is 0.456. The second kappa shape index (κ2) is 10.8. The molecule has 4 rings (SSSR count). The Labute approximate surface area is 206 Å². The molecular weight excluding hydrogens is 512 g/mol. The SMILES string of the molecule is O=c1[nH]ncc(NC[C@H]2CC[C@H](CC(O)N3CCN(c4ncc(C(F)(F)F)cn4)CC3)O2)c1C(F)(F)F. The maximum Gasteiger partial charge on any atom is 0.423 e. The van der Waals surface area contributed by atoms with Crippen LogP contribution in [0.2, 0.25) is 0 Å². The van der Waals surface area contributed by atoms with Gasteiger partial charge in [0.05, 0.1) is 29.7 Å². The molecule has 3 atom stereocenters. The van der Waals surface area contributed by atoms with Crippen molar-refractivity contribution in [3.63, 3.8) is 0 Å². The molecule has 37 heavy (non-hydrogen) atoms. The van der Waals surface area contributed by atoms with Gasteiger partial charge < -0.3 is 20.1 Å². The fourth-order valence-corrected chi connectivity index (χ4v) is 4.38. The van der Waals surface area contributed by atoms with Gasteiger partial charge in [0.15, 0.2) is 0 Å². The summed E-state index contributed by atoms with van der Waals surface area (Å²) in [6.07, 6.45) is -7.09. The fourth-order valence-electron chi connectivity index (χ4n) is 4.38. The summed E-state index contributed by atoms with van der Waals surface area (Å²) < 4.78 is 83.4. The molecule has 2 aromatic rings. The molecule has 2 fully saturated rings. The van der Waals surface area contributed by atoms with Gasteiger partial charge in [0.1, 0.15) is 11.8 Å². The summed E-state index contributed by atoms with van der Waals surface area (Å²) in [5.41, 5.74) is -4.05. The summed E-state index contributed by atoms with van der Waals surface area (Å²) in [5.74, 6) is 0.181. The van der Waals surface area contributed by atoms with E-state index in [1.165, 1.54) is 0 Å². The minimum Gasteiger partial charge on any atom is -0.380 e. The van der Waals surface area contributed by atoms with Gasteiger partial charge in [-0.05, 0) is 12.8 Å². The van der Waals surface area contributed by atoms with Crippen LogP contribution in [0.15, 0.2) is 23.4 Å². The maximum absolute atomic E-state index is 13.2. The van der Waals surface area contributed by atoms with Crippen molar-refractivity contribution in [3.05, 3.63) is 40.1 Å². The van der Waals surface area contributed by atoms with Gasteiger partial charge in [-0.25, -0.2) is 15.1 Å². The Morgan fingerprint density at radius 2 is 1.68 bits per heavy atom. The highest BCUT2D eigenvalue weighted by atomic mass is 19.4. The van der Waals surface area contributed by atoms with Crippen LogP contribution < -0.4 is 15.8 Å². The number of piperazine rings is 1. The molecule has 2 saturated heterocycles. The molecule has 0 aliphatic carbocycles. The highest BCUT2D eigenvalue weighted by molar-refractivity contribution is 5.49. The number of hydrogen-bond acceptors (Lipinski definition) is 9. The third kappa shape index (κ3) is 6.67. The van der Waals surface area contributed by atoms with Crippen molar-refractivity contribution in [1.82, 2.24) is 25.1 Å². The van der Waals surface area contributed by atoms with Gasteiger partial charge in [-0.1, -0.05) is 0 Å². The number of halogens is 6. The molecule has 16 heteroatoms. The Hall–Kier alpha value is -2.98. The molecule has 0 saturated carbocycles. The van der Waals surface area contributed by atoms with E-state index in [-0.39, 0.29) is 25.0 Å². The van der Waals surface area contributed by atoms with Crippen LogP contribution >= 0.6 is 0 Å². The van der Waals surface area contributed by atoms with Crippen molar-refractivity contribution in [3.8, 4) is 0 Å². The van der Waals surface area contributed by atoms with Gasteiger partial charge in [-0.3, -0.25) is 9.69 Å². The molecular formula is C21H25F6N7O3. The molecule has 0 aromatic carbocycles. The van der Waals surface area contributed by atoms with Crippen molar-refractivity contribution in [2.24, 2.45) is 0 Å². The van der Waals surface area contributed by atoms with E-state index in [0.29, 0.717) is 39.0 Å². The number of anilines is 2. The summed E-state index contributed by atoms with van der Waals surface area (Å²) in [6, 6.07) is 0. The molecule has 0 spiro atoms. The van der Waals surface area contributed by atoms with Crippen LogP contribution in [0.1, 0.15) is 30.4 Å². The number of ether oxygens (including phenoxy) is 1. The Morgan fingerprint density at radius 3 is 2.30 bits per heavy atom. The van der Waals surface area contributed by atoms with Crippen molar-refractivity contribution < 1.29 is 36.2 Å². The Balaban J connectivity index is 1.23. The van der Waals surface area contributed by atoms with Crippen molar-refractivity contribution in [2.75, 3.05) is 42.9 Å². The number of aliphatic hydroxyl groups is 1. The first kappa shape index (κ1) is 27.1. The minimum atomic E-state index is -4.84. The molecule has 0 bridgehead atoms. The van der Waals surface area contributed by atoms with Gasteiger partial charge in [0.25, 0.3) is 5.56 Å². The lowest BCUT2D eigenvalue weighted by Crippen LogP contribution is -2.51. The van der Waals surface area contributed by atoms with Crippen LogP contribution in [0.3, 0.4) is 0 Å². The van der Waals surface area contributed by atoms with Crippen molar-refractivity contribution >= 4 is 11.6 Å². The largest absolute Gasteiger partial charge is 0.423 e. The summed E-state index contributed by atoms with van der Waals surface area (Å²) in [5, 5.41) is 18.4. The Bertz CT molecular complexity index is 1100. The second-order valence-corrected chi connectivity index (χ2v) is 8.83. The van der Waals surface area contributed by atoms with Gasteiger partial charge in [-0.15, -0.1) is 0 Å². The van der Waals surface area contributed by atoms with Crippen LogP contribution in [0.4, 0.5) is 38.0 Å². The highest BCUT2D eigenvalue weighted by Gasteiger charge is 2.38. The van der Waals surface area contributed by atoms with E-state index in [4.69, 9.17) is 4.74 Å². The molecule has 10 nitrogen and oxygen atoms in total. The normalized spacial score (nSPS) is 22.3. The van der Waals surface area contributed by atoms with Crippen molar-refractivity contribution in [2.45, 2.75) is 50.1 Å². The number of H-pyrrole nitrogens is 1. The fraction of sp³-hybridized carbons (Fsp3) is 0.619. The van der Waals surface area contributed by atoms with Crippen LogP contribution in [0.25, 0.3) is 0 Å². The Morgan fingerprint density at radius 1 is 1.03 bits per heavy atom. The summed E-state index contributed by atoms with van der Waals surface area (Å²) >= 11 is 0. The van der Waals surface area contributed by atoms with E-state index in [1.807, 2.05) is 4.90 Å². The number of nitrogens with zero attached hydrogens (tertiary/aromatic N) is 5. The predicted octanol–water partition coefficient (Wildman–Crippen LogP) is 2.09. The smallest absolute Gasteiger partial charge is 0.380 e. The maximum atomic E-state index is 13.2. The highest BCUT2D eigenvalue weighted by Crippen LogP contribution is 2.32. The van der Waals surface area contributed by atoms with E-state index in [9.17, 15) is 36.2 Å². The topological polar surface area (TPSA) is 120 Å². The average molecular weight is 537 g/mol. The third-order valence-corrected chi connectivity index (χ3v) is 6.31. The third-order valence-electron chi connectivity index (χ3n) is 6.31. The predicted molar refractivity (Wildman–Crippen MR) is 118 cm³/mol. The zero-order valence-electron chi connectivity index (χ0n) is 19.4. The lowest BCUT2D eigenvalue weighted by molar-refractivity contribution is -0.139. The number of aliphatic hydroxyl groups excluding tert-OH is 1. The summed E-state index contributed by atoms with van der Waals surface area (Å²) in [7, 11) is 0. The van der Waals surface area contributed by atoms with E-state index in [0.717, 1.165) is 18.6 Å². The number of nitrogens with one attached hydrogen (secondary N) is 2. The van der Waals surface area contributed by atoms with Gasteiger partial charge >= 0.3 is 12.4 Å². The van der Waals surface area contributed by atoms with E-state index in [1.54, 1.807) is 10.00 Å². The van der Waals surface area contributed by atoms with Crippen LogP contribution in [-0.4, -0.2) is 81.3 Å². The number of aromatic nitrogens is 4. The standard InChI is InChI=1S/C21H25F6N7O3/c22-20(23,24)12-8-29-19(30-9-12)34-5-3-33(4-6-34)16(35)7-13-1-2-14(37-13)10-28-15-11-31-32-18(36)17(15)21(25,26)27/h8-9,11,13-14,16,35H,1-7,10H2,(H2,28,32,36)/t13-,14-,16?/m1/s1. The molecule has 204 valence electrons. The minimum absolute atomic E-state index is 0.0343. The first-order chi connectivity index (χ1) is 17.4. The van der Waals surface area contributed by atoms with Crippen molar-refractivity contribution in [1.29, 1.82) is 0 Å². The van der Waals surface area contributed by atoms with Gasteiger partial charge in [0.2, 0.25) is 5.95 Å². The second-order valence-electron chi connectivity index (χ2n) is 8.83. The number of rotatable bonds is 7. The molecule has 1 unspecified atom stereocenters. The number of aromatic amines is 1. The summed E-state index contributed by atoms with van der Waals surface area (Å²) in [4.78, 5) is 22.7. The molecule has 0 amide bonds. The molecule has 4 heterocycles. The lowest BCUT2D eigenvalue weighted by atomic mass is 10.1. The summed E-state index contributed by atoms with van der Waals surface area (Å²) in [6.45, 7) is 1.71. The van der Waals surface area contributed by atoms with Gasteiger partial charge in [0, 0.05) is 51.5 Å². The Kier molecular flexibility index (Phi) is 7.89. The van der Waals surface area contributed by atoms with E-state index >= 15 is 0 Å². The van der Waals surface area contributed by atoms with E-state index < -0.39 is 47.1 Å². The number of hydrogen-bond donors (Lipinski definition) is 3. The van der Waals surface area contributed by atoms with Crippen LogP contribution in [0.5, 0.6) is 0 Å². The molecule has 2 aliphatic heterocycles. The lowest BCUT2D eigenvalue weighted by Gasteiger charge is -2.37. The zero-order valence-corrected chi connectivity index (χ0v) is 19.4. The molecule has 2 aliphatic rings. The van der Waals surface area contributed by atoms with E-state index in [2.05, 4.69) is 20.4 Å². The first-order valence-electron chi connectivity index (χ1n) is 11.5. The molecule has 3 N–H and O–H groups in total. The first-order valence-corrected chi connectivity index (χ1v) is 11.5. The average Bonchev–Trinajstić information content (AvgIpc) is 3.28. The monoisotopic (exact) mass is 537 g/mol. The number of alkyl halides is 6. The van der Waals surface area contributed by atoms with Crippen LogP contribution in [0, 0.1) is 0 Å². The van der Waals surface area contributed by atoms with Gasteiger partial charge in [-0.2, -0.15) is 31.4 Å².